The maximum Gasteiger partial charge on any atom is 0.228 e. The number of fused-ring (bicyclic) bond motifs is 3. The smallest absolute Gasteiger partial charge is 0.228 e. The molecule has 2 N–H and O–H groups in total. The van der Waals surface area contributed by atoms with Crippen molar-refractivity contribution in [1.29, 1.82) is 0 Å². The average molecular weight is 470 g/mol. The number of hydrogen-bond donors (Lipinski definition) is 2. The normalized spacial score (nSPS) is 12.2. The van der Waals surface area contributed by atoms with Crippen LogP contribution in [0.2, 0.25) is 0 Å². The van der Waals surface area contributed by atoms with E-state index in [0.29, 0.717) is 17.4 Å². The number of rotatable bonds is 8. The molecule has 0 saturated heterocycles. The van der Waals surface area contributed by atoms with Crippen LogP contribution in [0, 0.1) is 0 Å². The van der Waals surface area contributed by atoms with Gasteiger partial charge in [0.15, 0.2) is 11.5 Å². The van der Waals surface area contributed by atoms with Crippen LogP contribution in [0.3, 0.4) is 0 Å². The number of ether oxygens (including phenoxy) is 2. The van der Waals surface area contributed by atoms with E-state index in [1.807, 2.05) is 36.4 Å². The third kappa shape index (κ3) is 4.96. The van der Waals surface area contributed by atoms with Crippen LogP contribution in [-0.2, 0) is 24.2 Å². The number of anilines is 3. The molecule has 1 amide bonds. The van der Waals surface area contributed by atoms with Gasteiger partial charge in [-0.15, -0.1) is 0 Å². The Morgan fingerprint density at radius 1 is 1.06 bits per heavy atom. The number of hydrogen-bond acceptors (Lipinski definition) is 6. The molecule has 5 rings (SSSR count). The average Bonchev–Trinajstić information content (AvgIpc) is 3.34. The lowest BCUT2D eigenvalue weighted by molar-refractivity contribution is -0.115. The van der Waals surface area contributed by atoms with Crippen molar-refractivity contribution in [2.24, 2.45) is 0 Å². The summed E-state index contributed by atoms with van der Waals surface area (Å²) in [5, 5.41) is 6.28. The van der Waals surface area contributed by atoms with E-state index >= 15 is 0 Å². The SMILES string of the molecule is COc1ccc(Nc2ncc3c(n2)-c2ccc(CCCn4cccc4)cc2NC(=O)C3)cc1OC. The van der Waals surface area contributed by atoms with E-state index in [-0.39, 0.29) is 12.3 Å². The minimum atomic E-state index is -0.0707. The maximum absolute atomic E-state index is 12.6. The number of methoxy groups -OCH3 is 2. The Morgan fingerprint density at radius 3 is 2.69 bits per heavy atom. The van der Waals surface area contributed by atoms with Crippen LogP contribution in [0.1, 0.15) is 17.5 Å². The number of benzene rings is 2. The highest BCUT2D eigenvalue weighted by molar-refractivity contribution is 6.00. The summed E-state index contributed by atoms with van der Waals surface area (Å²) in [7, 11) is 3.19. The first-order chi connectivity index (χ1) is 17.1. The summed E-state index contributed by atoms with van der Waals surface area (Å²) in [5.74, 6) is 1.62. The zero-order valence-corrected chi connectivity index (χ0v) is 19.7. The fourth-order valence-corrected chi connectivity index (χ4v) is 4.28. The van der Waals surface area contributed by atoms with Gasteiger partial charge < -0.3 is 24.7 Å². The van der Waals surface area contributed by atoms with Crippen molar-refractivity contribution in [3.05, 3.63) is 78.2 Å². The number of carbonyl (C=O) groups is 1. The van der Waals surface area contributed by atoms with E-state index in [4.69, 9.17) is 14.5 Å². The van der Waals surface area contributed by atoms with Gasteiger partial charge in [-0.05, 0) is 48.7 Å². The summed E-state index contributed by atoms with van der Waals surface area (Å²) in [6.45, 7) is 0.956. The van der Waals surface area contributed by atoms with Crippen LogP contribution in [-0.4, -0.2) is 34.7 Å². The molecule has 0 fully saturated rings. The number of amides is 1. The van der Waals surface area contributed by atoms with Gasteiger partial charge >= 0.3 is 0 Å². The fraction of sp³-hybridized carbons (Fsp3) is 0.222. The Kier molecular flexibility index (Phi) is 6.34. The van der Waals surface area contributed by atoms with Gasteiger partial charge in [0, 0.05) is 48.0 Å². The highest BCUT2D eigenvalue weighted by Crippen LogP contribution is 2.35. The number of nitrogens with zero attached hydrogens (tertiary/aromatic N) is 3. The highest BCUT2D eigenvalue weighted by atomic mass is 16.5. The molecular weight excluding hydrogens is 442 g/mol. The van der Waals surface area contributed by atoms with E-state index in [1.54, 1.807) is 20.4 Å². The number of carbonyl (C=O) groups excluding carboxylic acids is 1. The van der Waals surface area contributed by atoms with E-state index < -0.39 is 0 Å². The molecule has 1 aliphatic rings. The summed E-state index contributed by atoms with van der Waals surface area (Å²) >= 11 is 0. The molecular formula is C27H27N5O3. The second-order valence-corrected chi connectivity index (χ2v) is 8.39. The Balaban J connectivity index is 1.40. The largest absolute Gasteiger partial charge is 0.493 e. The molecule has 3 heterocycles. The van der Waals surface area contributed by atoms with Crippen LogP contribution < -0.4 is 20.1 Å². The Morgan fingerprint density at radius 2 is 1.89 bits per heavy atom. The van der Waals surface area contributed by atoms with Crippen molar-refractivity contribution >= 4 is 23.2 Å². The van der Waals surface area contributed by atoms with Gasteiger partial charge in [-0.1, -0.05) is 12.1 Å². The lowest BCUT2D eigenvalue weighted by atomic mass is 10.0. The number of nitrogens with one attached hydrogen (secondary N) is 2. The fourth-order valence-electron chi connectivity index (χ4n) is 4.28. The topological polar surface area (TPSA) is 90.3 Å². The molecule has 2 aromatic carbocycles. The van der Waals surface area contributed by atoms with Crippen molar-refractivity contribution in [3.8, 4) is 22.8 Å². The van der Waals surface area contributed by atoms with Crippen molar-refractivity contribution in [1.82, 2.24) is 14.5 Å². The molecule has 0 saturated carbocycles. The van der Waals surface area contributed by atoms with E-state index in [0.717, 1.165) is 47.6 Å². The first-order valence-corrected chi connectivity index (χ1v) is 11.5. The summed E-state index contributed by atoms with van der Waals surface area (Å²) < 4.78 is 12.9. The standard InChI is InChI=1S/C27H27N5O3/c1-34-23-10-8-20(16-24(23)35-2)29-27-28-17-19-15-25(33)30-22-14-18(7-9-21(22)26(19)31-27)6-5-13-32-11-3-4-12-32/h3-4,7-12,14,16-17H,5-6,13,15H2,1-2H3,(H,30,33)(H,28,29,31). The van der Waals surface area contributed by atoms with Gasteiger partial charge in [-0.25, -0.2) is 9.97 Å². The van der Waals surface area contributed by atoms with Crippen molar-refractivity contribution < 1.29 is 14.3 Å². The molecule has 0 radical (unpaired) electrons. The van der Waals surface area contributed by atoms with E-state index in [9.17, 15) is 4.79 Å². The van der Waals surface area contributed by atoms with Crippen LogP contribution in [0.25, 0.3) is 11.3 Å². The molecule has 0 atom stereocenters. The zero-order valence-electron chi connectivity index (χ0n) is 19.7. The Bertz CT molecular complexity index is 1350. The zero-order chi connectivity index (χ0) is 24.2. The van der Waals surface area contributed by atoms with Crippen LogP contribution in [0.4, 0.5) is 17.3 Å². The van der Waals surface area contributed by atoms with Crippen LogP contribution in [0.5, 0.6) is 11.5 Å². The molecule has 0 unspecified atom stereocenters. The van der Waals surface area contributed by atoms with E-state index in [1.165, 1.54) is 5.56 Å². The number of aryl methyl sites for hydroxylation is 2. The van der Waals surface area contributed by atoms with Gasteiger partial charge in [-0.2, -0.15) is 0 Å². The predicted octanol–water partition coefficient (Wildman–Crippen LogP) is 4.83. The summed E-state index contributed by atoms with van der Waals surface area (Å²) in [6.07, 6.45) is 8.02. The predicted molar refractivity (Wildman–Crippen MR) is 135 cm³/mol. The molecule has 178 valence electrons. The summed E-state index contributed by atoms with van der Waals surface area (Å²) in [4.78, 5) is 21.8. The lowest BCUT2D eigenvalue weighted by Crippen LogP contribution is -2.13. The van der Waals surface area contributed by atoms with Gasteiger partial charge in [-0.3, -0.25) is 4.79 Å². The van der Waals surface area contributed by atoms with Crippen molar-refractivity contribution in [2.75, 3.05) is 24.9 Å². The van der Waals surface area contributed by atoms with Crippen molar-refractivity contribution in [3.63, 3.8) is 0 Å². The molecule has 8 nitrogen and oxygen atoms in total. The van der Waals surface area contributed by atoms with Crippen LogP contribution in [0.15, 0.2) is 67.1 Å². The minimum Gasteiger partial charge on any atom is -0.493 e. The molecule has 8 heteroatoms. The van der Waals surface area contributed by atoms with Gasteiger partial charge in [0.05, 0.1) is 32.0 Å². The highest BCUT2D eigenvalue weighted by Gasteiger charge is 2.21. The third-order valence-electron chi connectivity index (χ3n) is 6.02. The lowest BCUT2D eigenvalue weighted by Gasteiger charge is -2.13. The Hall–Kier alpha value is -4.33. The maximum atomic E-state index is 12.6. The summed E-state index contributed by atoms with van der Waals surface area (Å²) in [6, 6.07) is 15.8. The minimum absolute atomic E-state index is 0.0707. The van der Waals surface area contributed by atoms with Crippen LogP contribution >= 0.6 is 0 Å². The first-order valence-electron chi connectivity index (χ1n) is 11.5. The number of aromatic nitrogens is 3. The summed E-state index contributed by atoms with van der Waals surface area (Å²) in [5.41, 5.74) is 5.15. The molecule has 0 bridgehead atoms. The molecule has 2 aromatic heterocycles. The monoisotopic (exact) mass is 469 g/mol. The molecule has 4 aromatic rings. The van der Waals surface area contributed by atoms with Gasteiger partial charge in [0.25, 0.3) is 0 Å². The molecule has 1 aliphatic heterocycles. The van der Waals surface area contributed by atoms with Crippen molar-refractivity contribution in [2.45, 2.75) is 25.8 Å². The van der Waals surface area contributed by atoms with E-state index in [2.05, 4.69) is 44.7 Å². The molecule has 35 heavy (non-hydrogen) atoms. The quantitative estimate of drug-likeness (QED) is 0.384. The van der Waals surface area contributed by atoms with Gasteiger partial charge in [0.1, 0.15) is 0 Å². The second-order valence-electron chi connectivity index (χ2n) is 8.39. The third-order valence-corrected chi connectivity index (χ3v) is 6.02. The first kappa shape index (κ1) is 22.5. The second kappa shape index (κ2) is 9.89. The van der Waals surface area contributed by atoms with Gasteiger partial charge in [0.2, 0.25) is 11.9 Å². The molecule has 0 spiro atoms. The Labute approximate surface area is 203 Å². The molecule has 0 aliphatic carbocycles.